The molecule has 0 spiro atoms. The molecule has 0 heterocycles. The standard InChI is InChI=1S/C14H19NO/c1-11(2)10-16-14-7-6-13(5-4-8-15)9-12(14)3/h6-7,9,11H,8,10,15H2,1-3H3. The van der Waals surface area contributed by atoms with Crippen molar-refractivity contribution < 1.29 is 4.74 Å². The van der Waals surface area contributed by atoms with Crippen LogP contribution in [0.5, 0.6) is 5.75 Å². The summed E-state index contributed by atoms with van der Waals surface area (Å²) in [4.78, 5) is 0. The Labute approximate surface area is 97.8 Å². The number of hydrogen-bond acceptors (Lipinski definition) is 2. The van der Waals surface area contributed by atoms with Crippen molar-refractivity contribution in [2.75, 3.05) is 13.2 Å². The molecule has 16 heavy (non-hydrogen) atoms. The summed E-state index contributed by atoms with van der Waals surface area (Å²) in [6, 6.07) is 5.96. The maximum atomic E-state index is 5.68. The highest BCUT2D eigenvalue weighted by Gasteiger charge is 2.01. The minimum atomic E-state index is 0.394. The largest absolute Gasteiger partial charge is 0.493 e. The topological polar surface area (TPSA) is 35.2 Å². The highest BCUT2D eigenvalue weighted by Crippen LogP contribution is 2.19. The number of benzene rings is 1. The monoisotopic (exact) mass is 217 g/mol. The molecule has 0 amide bonds. The highest BCUT2D eigenvalue weighted by molar-refractivity contribution is 5.43. The van der Waals surface area contributed by atoms with Gasteiger partial charge >= 0.3 is 0 Å². The zero-order valence-electron chi connectivity index (χ0n) is 10.2. The number of nitrogens with two attached hydrogens (primary N) is 1. The Morgan fingerprint density at radius 2 is 2.12 bits per heavy atom. The Bertz CT molecular complexity index is 399. The van der Waals surface area contributed by atoms with Gasteiger partial charge in [-0.15, -0.1) is 0 Å². The molecule has 0 aliphatic carbocycles. The molecule has 2 nitrogen and oxygen atoms in total. The summed E-state index contributed by atoms with van der Waals surface area (Å²) in [6.07, 6.45) is 0. The van der Waals surface area contributed by atoms with Gasteiger partial charge in [-0.2, -0.15) is 0 Å². The molecule has 0 aliphatic rings. The zero-order chi connectivity index (χ0) is 12.0. The second-order valence-electron chi connectivity index (χ2n) is 4.19. The van der Waals surface area contributed by atoms with E-state index in [-0.39, 0.29) is 0 Å². The maximum absolute atomic E-state index is 5.68. The summed E-state index contributed by atoms with van der Waals surface area (Å²) in [5, 5.41) is 0. The fourth-order valence-corrected chi connectivity index (χ4v) is 1.30. The lowest BCUT2D eigenvalue weighted by molar-refractivity contribution is 0.269. The molecule has 1 aromatic carbocycles. The first kappa shape index (κ1) is 12.6. The van der Waals surface area contributed by atoms with Crippen LogP contribution in [-0.2, 0) is 0 Å². The average molecular weight is 217 g/mol. The van der Waals surface area contributed by atoms with Crippen LogP contribution in [0, 0.1) is 24.7 Å². The van der Waals surface area contributed by atoms with Gasteiger partial charge in [-0.05, 0) is 36.6 Å². The molecule has 1 aromatic rings. The van der Waals surface area contributed by atoms with Crippen LogP contribution in [0.1, 0.15) is 25.0 Å². The molecule has 2 N–H and O–H groups in total. The summed E-state index contributed by atoms with van der Waals surface area (Å²) in [6.45, 7) is 7.44. The van der Waals surface area contributed by atoms with Crippen molar-refractivity contribution in [1.82, 2.24) is 0 Å². The van der Waals surface area contributed by atoms with Gasteiger partial charge in [-0.25, -0.2) is 0 Å². The van der Waals surface area contributed by atoms with Crippen LogP contribution < -0.4 is 10.5 Å². The van der Waals surface area contributed by atoms with Crippen molar-refractivity contribution in [2.45, 2.75) is 20.8 Å². The zero-order valence-corrected chi connectivity index (χ0v) is 10.2. The first-order chi connectivity index (χ1) is 7.63. The highest BCUT2D eigenvalue weighted by atomic mass is 16.5. The summed E-state index contributed by atoms with van der Waals surface area (Å²) in [5.74, 6) is 7.32. The van der Waals surface area contributed by atoms with Crippen molar-refractivity contribution in [1.29, 1.82) is 0 Å². The van der Waals surface area contributed by atoms with E-state index < -0.39 is 0 Å². The molecule has 0 saturated carbocycles. The molecule has 0 fully saturated rings. The lowest BCUT2D eigenvalue weighted by Gasteiger charge is -2.11. The summed E-state index contributed by atoms with van der Waals surface area (Å²) < 4.78 is 5.68. The van der Waals surface area contributed by atoms with Crippen molar-refractivity contribution in [3.63, 3.8) is 0 Å². The molecule has 0 aliphatic heterocycles. The van der Waals surface area contributed by atoms with Crippen molar-refractivity contribution in [3.8, 4) is 17.6 Å². The number of hydrogen-bond donors (Lipinski definition) is 1. The second kappa shape index (κ2) is 6.19. The minimum absolute atomic E-state index is 0.394. The molecule has 0 saturated heterocycles. The smallest absolute Gasteiger partial charge is 0.122 e. The van der Waals surface area contributed by atoms with Crippen LogP contribution in [0.25, 0.3) is 0 Å². The van der Waals surface area contributed by atoms with Gasteiger partial charge in [0, 0.05) is 5.56 Å². The summed E-state index contributed by atoms with van der Waals surface area (Å²) in [7, 11) is 0. The molecule has 1 rings (SSSR count). The Kier molecular flexibility index (Phi) is 4.88. The second-order valence-corrected chi connectivity index (χ2v) is 4.19. The molecule has 0 unspecified atom stereocenters. The first-order valence-corrected chi connectivity index (χ1v) is 5.56. The van der Waals surface area contributed by atoms with Crippen molar-refractivity contribution in [3.05, 3.63) is 29.3 Å². The molecule has 0 aromatic heterocycles. The van der Waals surface area contributed by atoms with E-state index in [2.05, 4.69) is 25.7 Å². The predicted molar refractivity (Wildman–Crippen MR) is 67.4 cm³/mol. The molecule has 0 radical (unpaired) electrons. The lowest BCUT2D eigenvalue weighted by Crippen LogP contribution is -2.05. The number of rotatable bonds is 3. The SMILES string of the molecule is Cc1cc(C#CCN)ccc1OCC(C)C. The molecule has 86 valence electrons. The van der Waals surface area contributed by atoms with Crippen LogP contribution >= 0.6 is 0 Å². The number of ether oxygens (including phenoxy) is 1. The van der Waals surface area contributed by atoms with Gasteiger partial charge in [0.05, 0.1) is 13.2 Å². The number of aryl methyl sites for hydroxylation is 1. The van der Waals surface area contributed by atoms with E-state index in [1.165, 1.54) is 0 Å². The normalized spacial score (nSPS) is 9.81. The van der Waals surface area contributed by atoms with E-state index in [0.29, 0.717) is 12.5 Å². The Morgan fingerprint density at radius 3 is 2.69 bits per heavy atom. The van der Waals surface area contributed by atoms with Crippen LogP contribution in [0.15, 0.2) is 18.2 Å². The van der Waals surface area contributed by atoms with Crippen molar-refractivity contribution in [2.24, 2.45) is 11.7 Å². The lowest BCUT2D eigenvalue weighted by atomic mass is 10.1. The Hall–Kier alpha value is -1.46. The quantitative estimate of drug-likeness (QED) is 0.789. The molecular weight excluding hydrogens is 198 g/mol. The predicted octanol–water partition coefficient (Wildman–Crippen LogP) is 2.34. The maximum Gasteiger partial charge on any atom is 0.122 e. The molecular formula is C14H19NO. The van der Waals surface area contributed by atoms with Gasteiger partial charge in [-0.3, -0.25) is 0 Å². The van der Waals surface area contributed by atoms with Gasteiger partial charge in [-0.1, -0.05) is 25.7 Å². The van der Waals surface area contributed by atoms with E-state index in [1.807, 2.05) is 25.1 Å². The first-order valence-electron chi connectivity index (χ1n) is 5.56. The van der Waals surface area contributed by atoms with E-state index >= 15 is 0 Å². The van der Waals surface area contributed by atoms with Crippen molar-refractivity contribution >= 4 is 0 Å². The third-order valence-electron chi connectivity index (χ3n) is 2.08. The van der Waals surface area contributed by atoms with Gasteiger partial charge in [0.25, 0.3) is 0 Å². The van der Waals surface area contributed by atoms with Crippen LogP contribution in [0.2, 0.25) is 0 Å². The molecule has 0 bridgehead atoms. The summed E-state index contributed by atoms with van der Waals surface area (Å²) in [5.41, 5.74) is 7.43. The van der Waals surface area contributed by atoms with Gasteiger partial charge < -0.3 is 10.5 Å². The van der Waals surface area contributed by atoms with Crippen LogP contribution in [0.3, 0.4) is 0 Å². The van der Waals surface area contributed by atoms with Gasteiger partial charge in [0.15, 0.2) is 0 Å². The van der Waals surface area contributed by atoms with Gasteiger partial charge in [0.1, 0.15) is 5.75 Å². The van der Waals surface area contributed by atoms with E-state index in [0.717, 1.165) is 23.5 Å². The van der Waals surface area contributed by atoms with Crippen LogP contribution in [-0.4, -0.2) is 13.2 Å². The Morgan fingerprint density at radius 1 is 1.38 bits per heavy atom. The molecule has 0 atom stereocenters. The Balaban J connectivity index is 2.75. The van der Waals surface area contributed by atoms with E-state index in [9.17, 15) is 0 Å². The van der Waals surface area contributed by atoms with E-state index in [4.69, 9.17) is 10.5 Å². The fraction of sp³-hybridized carbons (Fsp3) is 0.429. The van der Waals surface area contributed by atoms with Gasteiger partial charge in [0.2, 0.25) is 0 Å². The summed E-state index contributed by atoms with van der Waals surface area (Å²) >= 11 is 0. The third-order valence-corrected chi connectivity index (χ3v) is 2.08. The third kappa shape index (κ3) is 3.96. The average Bonchev–Trinajstić information content (AvgIpc) is 2.24. The van der Waals surface area contributed by atoms with E-state index in [1.54, 1.807) is 0 Å². The van der Waals surface area contributed by atoms with Crippen LogP contribution in [0.4, 0.5) is 0 Å². The minimum Gasteiger partial charge on any atom is -0.493 e. The molecule has 2 heteroatoms. The fourth-order valence-electron chi connectivity index (χ4n) is 1.30.